The molecule has 0 atom stereocenters. The maximum atomic E-state index is 12.3. The molecule has 0 bridgehead atoms. The number of thiophene rings is 1. The van der Waals surface area contributed by atoms with E-state index in [-0.39, 0.29) is 11.8 Å². The minimum atomic E-state index is -0.0818. The van der Waals surface area contributed by atoms with E-state index in [1.54, 1.807) is 6.07 Å². The Morgan fingerprint density at radius 3 is 2.70 bits per heavy atom. The van der Waals surface area contributed by atoms with E-state index in [0.717, 1.165) is 30.9 Å². The number of carbonyl (C=O) groups excluding carboxylic acids is 2. The second-order valence-corrected chi connectivity index (χ2v) is 8.47. The fourth-order valence-corrected chi connectivity index (χ4v) is 4.55. The molecule has 0 spiro atoms. The topological polar surface area (TPSA) is 61.4 Å². The van der Waals surface area contributed by atoms with Gasteiger partial charge in [0.05, 0.1) is 0 Å². The molecule has 0 radical (unpaired) electrons. The van der Waals surface area contributed by atoms with E-state index in [1.807, 2.05) is 40.7 Å². The van der Waals surface area contributed by atoms with Gasteiger partial charge in [-0.15, -0.1) is 0 Å². The van der Waals surface area contributed by atoms with E-state index in [2.05, 4.69) is 21.6 Å². The van der Waals surface area contributed by atoms with Gasteiger partial charge in [-0.2, -0.15) is 23.1 Å². The van der Waals surface area contributed by atoms with Crippen LogP contribution in [0, 0.1) is 0 Å². The molecule has 2 heterocycles. The van der Waals surface area contributed by atoms with Crippen LogP contribution < -0.4 is 10.6 Å². The maximum absolute atomic E-state index is 12.3. The molecule has 7 heteroatoms. The number of para-hydroxylation sites is 1. The van der Waals surface area contributed by atoms with E-state index in [1.165, 1.54) is 22.8 Å². The molecular formula is C20H25N3O2S2. The molecule has 2 aromatic rings. The molecular weight excluding hydrogens is 378 g/mol. The third-order valence-corrected chi connectivity index (χ3v) is 6.06. The lowest BCUT2D eigenvalue weighted by atomic mass is 10.1. The average Bonchev–Trinajstić information content (AvgIpc) is 3.22. The Morgan fingerprint density at radius 1 is 1.11 bits per heavy atom. The van der Waals surface area contributed by atoms with Gasteiger partial charge in [0, 0.05) is 60.7 Å². The lowest BCUT2D eigenvalue weighted by Gasteiger charge is -2.27. The number of anilines is 1. The van der Waals surface area contributed by atoms with Gasteiger partial charge in [0.15, 0.2) is 0 Å². The van der Waals surface area contributed by atoms with Crippen LogP contribution in [0.5, 0.6) is 0 Å². The number of nitrogens with zero attached hydrogens (tertiary/aromatic N) is 1. The first-order valence-electron chi connectivity index (χ1n) is 9.20. The van der Waals surface area contributed by atoms with Crippen molar-refractivity contribution in [2.75, 3.05) is 36.5 Å². The lowest BCUT2D eigenvalue weighted by Crippen LogP contribution is -2.32. The standard InChI is InChI=1S/C20H25N3O2S2/c24-19(6-3-8-21-20(25)17-7-11-27-15-17)22-18-5-2-1-4-16(18)14-23-9-12-26-13-10-23/h1-2,4-5,7,11,15H,3,6,8-10,12-14H2,(H,21,25)(H,22,24). The zero-order valence-corrected chi connectivity index (χ0v) is 16.9. The van der Waals surface area contributed by atoms with Crippen LogP contribution in [-0.4, -0.2) is 47.9 Å². The zero-order valence-electron chi connectivity index (χ0n) is 15.3. The first-order valence-corrected chi connectivity index (χ1v) is 11.3. The summed E-state index contributed by atoms with van der Waals surface area (Å²) in [7, 11) is 0. The molecule has 1 aliphatic rings. The van der Waals surface area contributed by atoms with Crippen LogP contribution in [0.3, 0.4) is 0 Å². The zero-order chi connectivity index (χ0) is 18.9. The molecule has 3 rings (SSSR count). The van der Waals surface area contributed by atoms with Crippen LogP contribution in [0.25, 0.3) is 0 Å². The SMILES string of the molecule is O=C(CCCNC(=O)c1ccsc1)Nc1ccccc1CN1CCSCC1. The van der Waals surface area contributed by atoms with Crippen LogP contribution in [0.4, 0.5) is 5.69 Å². The highest BCUT2D eigenvalue weighted by Crippen LogP contribution is 2.20. The van der Waals surface area contributed by atoms with Gasteiger partial charge in [-0.05, 0) is 29.5 Å². The Morgan fingerprint density at radius 2 is 1.93 bits per heavy atom. The van der Waals surface area contributed by atoms with E-state index in [4.69, 9.17) is 0 Å². The molecule has 1 aliphatic heterocycles. The Hall–Kier alpha value is -1.83. The number of carbonyl (C=O) groups is 2. The number of rotatable bonds is 8. The highest BCUT2D eigenvalue weighted by molar-refractivity contribution is 7.99. The molecule has 1 aromatic carbocycles. The summed E-state index contributed by atoms with van der Waals surface area (Å²) in [5.74, 6) is 2.25. The molecule has 0 aliphatic carbocycles. The first kappa shape index (κ1) is 19.9. The largest absolute Gasteiger partial charge is 0.352 e. The number of hydrogen-bond donors (Lipinski definition) is 2. The number of hydrogen-bond acceptors (Lipinski definition) is 5. The summed E-state index contributed by atoms with van der Waals surface area (Å²) in [5.41, 5.74) is 2.72. The summed E-state index contributed by atoms with van der Waals surface area (Å²) < 4.78 is 0. The van der Waals surface area contributed by atoms with Crippen molar-refractivity contribution in [3.8, 4) is 0 Å². The Kier molecular flexibility index (Phi) is 7.74. The van der Waals surface area contributed by atoms with Gasteiger partial charge >= 0.3 is 0 Å². The van der Waals surface area contributed by atoms with Gasteiger partial charge in [-0.1, -0.05) is 18.2 Å². The minimum absolute atomic E-state index is 0.0126. The maximum Gasteiger partial charge on any atom is 0.252 e. The van der Waals surface area contributed by atoms with Gasteiger partial charge in [0.2, 0.25) is 5.91 Å². The summed E-state index contributed by atoms with van der Waals surface area (Å²) in [6, 6.07) is 9.81. The number of benzene rings is 1. The predicted octanol–water partition coefficient (Wildman–Crippen LogP) is 3.45. The van der Waals surface area contributed by atoms with Crippen molar-refractivity contribution < 1.29 is 9.59 Å². The van der Waals surface area contributed by atoms with Crippen LogP contribution >= 0.6 is 23.1 Å². The third kappa shape index (κ3) is 6.37. The van der Waals surface area contributed by atoms with Crippen LogP contribution in [0.1, 0.15) is 28.8 Å². The average molecular weight is 404 g/mol. The molecule has 5 nitrogen and oxygen atoms in total. The Labute approximate surface area is 168 Å². The van der Waals surface area contributed by atoms with E-state index >= 15 is 0 Å². The van der Waals surface area contributed by atoms with Gasteiger partial charge in [-0.3, -0.25) is 14.5 Å². The van der Waals surface area contributed by atoms with Gasteiger partial charge in [0.25, 0.3) is 5.91 Å². The van der Waals surface area contributed by atoms with Crippen LogP contribution in [0.2, 0.25) is 0 Å². The minimum Gasteiger partial charge on any atom is -0.352 e. The van der Waals surface area contributed by atoms with Gasteiger partial charge < -0.3 is 10.6 Å². The predicted molar refractivity (Wildman–Crippen MR) is 114 cm³/mol. The van der Waals surface area contributed by atoms with E-state index < -0.39 is 0 Å². The second kappa shape index (κ2) is 10.5. The Bertz CT molecular complexity index is 743. The molecule has 0 unspecified atom stereocenters. The molecule has 1 aromatic heterocycles. The molecule has 144 valence electrons. The summed E-state index contributed by atoms with van der Waals surface area (Å²) in [5, 5.41) is 9.58. The fraction of sp³-hybridized carbons (Fsp3) is 0.400. The third-order valence-electron chi connectivity index (χ3n) is 4.44. The normalized spacial score (nSPS) is 14.7. The van der Waals surface area contributed by atoms with Crippen LogP contribution in [-0.2, 0) is 11.3 Å². The van der Waals surface area contributed by atoms with Gasteiger partial charge in [0.1, 0.15) is 0 Å². The highest BCUT2D eigenvalue weighted by atomic mass is 32.2. The summed E-state index contributed by atoms with van der Waals surface area (Å²) in [6.45, 7) is 3.55. The van der Waals surface area contributed by atoms with Crippen molar-refractivity contribution in [1.82, 2.24) is 10.2 Å². The monoisotopic (exact) mass is 403 g/mol. The van der Waals surface area contributed by atoms with E-state index in [9.17, 15) is 9.59 Å². The highest BCUT2D eigenvalue weighted by Gasteiger charge is 2.14. The van der Waals surface area contributed by atoms with Crippen molar-refractivity contribution in [2.24, 2.45) is 0 Å². The number of nitrogens with one attached hydrogen (secondary N) is 2. The summed E-state index contributed by atoms with van der Waals surface area (Å²) >= 11 is 3.49. The second-order valence-electron chi connectivity index (χ2n) is 6.47. The van der Waals surface area contributed by atoms with Crippen molar-refractivity contribution in [3.05, 3.63) is 52.2 Å². The first-order chi connectivity index (χ1) is 13.2. The molecule has 1 saturated heterocycles. The smallest absolute Gasteiger partial charge is 0.252 e. The number of thioether (sulfide) groups is 1. The molecule has 2 amide bonds. The van der Waals surface area contributed by atoms with Crippen molar-refractivity contribution in [2.45, 2.75) is 19.4 Å². The van der Waals surface area contributed by atoms with Crippen molar-refractivity contribution in [3.63, 3.8) is 0 Å². The molecule has 0 saturated carbocycles. The number of amides is 2. The Balaban J connectivity index is 1.43. The molecule has 2 N–H and O–H groups in total. The van der Waals surface area contributed by atoms with Crippen molar-refractivity contribution in [1.29, 1.82) is 0 Å². The summed E-state index contributed by atoms with van der Waals surface area (Å²) in [4.78, 5) is 26.6. The lowest BCUT2D eigenvalue weighted by molar-refractivity contribution is -0.116. The summed E-state index contributed by atoms with van der Waals surface area (Å²) in [6.07, 6.45) is 1.01. The van der Waals surface area contributed by atoms with Gasteiger partial charge in [-0.25, -0.2) is 0 Å². The molecule has 1 fully saturated rings. The van der Waals surface area contributed by atoms with E-state index in [0.29, 0.717) is 24.9 Å². The van der Waals surface area contributed by atoms with Crippen molar-refractivity contribution >= 4 is 40.6 Å². The van der Waals surface area contributed by atoms with Crippen LogP contribution in [0.15, 0.2) is 41.1 Å². The molecule has 27 heavy (non-hydrogen) atoms. The quantitative estimate of drug-likeness (QED) is 0.663. The fourth-order valence-electron chi connectivity index (χ4n) is 2.94.